The van der Waals surface area contributed by atoms with Crippen molar-refractivity contribution in [3.8, 4) is 0 Å². The van der Waals surface area contributed by atoms with Crippen molar-refractivity contribution in [2.45, 2.75) is 18.9 Å². The molecular formula is C13H25N3O4. The second kappa shape index (κ2) is 8.06. The van der Waals surface area contributed by atoms with Crippen LogP contribution >= 0.6 is 0 Å². The molecule has 2 N–H and O–H groups in total. The summed E-state index contributed by atoms with van der Waals surface area (Å²) in [6.45, 7) is 2.97. The Morgan fingerprint density at radius 3 is 2.75 bits per heavy atom. The Kier molecular flexibility index (Phi) is 6.74. The molecule has 0 aromatic heterocycles. The minimum Gasteiger partial charge on any atom is -0.480 e. The molecule has 0 aromatic carbocycles. The van der Waals surface area contributed by atoms with E-state index >= 15 is 0 Å². The number of nitrogens with one attached hydrogen (secondary N) is 1. The van der Waals surface area contributed by atoms with Crippen molar-refractivity contribution >= 4 is 12.0 Å². The molecule has 1 rings (SSSR count). The first-order chi connectivity index (χ1) is 9.43. The standard InChI is InChI=1S/C13H25N3O4/c1-15-6-4-10(8-15)9-16(2)13(19)14-11(12(17)18)5-7-20-3/h10-11H,4-9H2,1-3H3,(H,14,19)(H,17,18). The largest absolute Gasteiger partial charge is 0.480 e. The van der Waals surface area contributed by atoms with E-state index in [0.717, 1.165) is 19.5 Å². The first-order valence-electron chi connectivity index (χ1n) is 6.86. The zero-order valence-electron chi connectivity index (χ0n) is 12.5. The summed E-state index contributed by atoms with van der Waals surface area (Å²) in [5.41, 5.74) is 0. The van der Waals surface area contributed by atoms with E-state index < -0.39 is 12.0 Å². The van der Waals surface area contributed by atoms with Crippen LogP contribution in [0.4, 0.5) is 4.79 Å². The van der Waals surface area contributed by atoms with Crippen LogP contribution in [0.2, 0.25) is 0 Å². The van der Waals surface area contributed by atoms with E-state index in [2.05, 4.69) is 17.3 Å². The molecule has 1 fully saturated rings. The Morgan fingerprint density at radius 1 is 1.55 bits per heavy atom. The first kappa shape index (κ1) is 16.7. The molecule has 20 heavy (non-hydrogen) atoms. The summed E-state index contributed by atoms with van der Waals surface area (Å²) in [6, 6.07) is -1.25. The molecule has 1 aliphatic rings. The average molecular weight is 287 g/mol. The Hall–Kier alpha value is -1.34. The number of carbonyl (C=O) groups is 2. The highest BCUT2D eigenvalue weighted by molar-refractivity contribution is 5.82. The second-order valence-corrected chi connectivity index (χ2v) is 5.42. The van der Waals surface area contributed by atoms with Gasteiger partial charge < -0.3 is 25.0 Å². The smallest absolute Gasteiger partial charge is 0.326 e. The van der Waals surface area contributed by atoms with Gasteiger partial charge in [-0.2, -0.15) is 0 Å². The van der Waals surface area contributed by atoms with Crippen LogP contribution in [0.25, 0.3) is 0 Å². The number of ether oxygens (including phenoxy) is 1. The number of hydrogen-bond donors (Lipinski definition) is 2. The van der Waals surface area contributed by atoms with Gasteiger partial charge in [0.1, 0.15) is 6.04 Å². The molecule has 0 aromatic rings. The summed E-state index contributed by atoms with van der Waals surface area (Å²) in [6.07, 6.45) is 1.33. The van der Waals surface area contributed by atoms with Crippen molar-refractivity contribution in [1.29, 1.82) is 0 Å². The van der Waals surface area contributed by atoms with Crippen molar-refractivity contribution in [2.24, 2.45) is 5.92 Å². The highest BCUT2D eigenvalue weighted by atomic mass is 16.5. The van der Waals surface area contributed by atoms with Crippen molar-refractivity contribution in [3.05, 3.63) is 0 Å². The van der Waals surface area contributed by atoms with Crippen LogP contribution in [0.15, 0.2) is 0 Å². The first-order valence-corrected chi connectivity index (χ1v) is 6.86. The van der Waals surface area contributed by atoms with Crippen LogP contribution in [0, 0.1) is 5.92 Å². The van der Waals surface area contributed by atoms with Crippen LogP contribution in [-0.4, -0.2) is 80.4 Å². The zero-order chi connectivity index (χ0) is 15.1. The van der Waals surface area contributed by atoms with Gasteiger partial charge in [-0.15, -0.1) is 0 Å². The van der Waals surface area contributed by atoms with Crippen molar-refractivity contribution in [1.82, 2.24) is 15.1 Å². The lowest BCUT2D eigenvalue weighted by Gasteiger charge is -2.23. The van der Waals surface area contributed by atoms with Gasteiger partial charge in [0.25, 0.3) is 0 Å². The van der Waals surface area contributed by atoms with Crippen molar-refractivity contribution in [2.75, 3.05) is 47.4 Å². The van der Waals surface area contributed by atoms with E-state index in [9.17, 15) is 9.59 Å². The van der Waals surface area contributed by atoms with Gasteiger partial charge in [0, 0.05) is 40.3 Å². The number of carbonyl (C=O) groups excluding carboxylic acids is 1. The number of rotatable bonds is 7. The summed E-state index contributed by atoms with van der Waals surface area (Å²) in [4.78, 5) is 26.8. The maximum Gasteiger partial charge on any atom is 0.326 e. The van der Waals surface area contributed by atoms with Gasteiger partial charge in [-0.3, -0.25) is 0 Å². The quantitative estimate of drug-likeness (QED) is 0.692. The number of amides is 2. The van der Waals surface area contributed by atoms with Gasteiger partial charge in [0.2, 0.25) is 0 Å². The van der Waals surface area contributed by atoms with E-state index in [1.807, 2.05) is 0 Å². The lowest BCUT2D eigenvalue weighted by molar-refractivity contribution is -0.139. The molecule has 2 amide bonds. The lowest BCUT2D eigenvalue weighted by atomic mass is 10.1. The van der Waals surface area contributed by atoms with Gasteiger partial charge in [-0.05, 0) is 25.9 Å². The number of urea groups is 1. The Balaban J connectivity index is 2.40. The van der Waals surface area contributed by atoms with Gasteiger partial charge in [-0.25, -0.2) is 9.59 Å². The summed E-state index contributed by atoms with van der Waals surface area (Å²) < 4.78 is 4.85. The molecular weight excluding hydrogens is 262 g/mol. The molecule has 116 valence electrons. The third-order valence-electron chi connectivity index (χ3n) is 3.57. The number of carboxylic acids is 1. The normalized spacial score (nSPS) is 20.6. The van der Waals surface area contributed by atoms with Crippen LogP contribution in [-0.2, 0) is 9.53 Å². The summed E-state index contributed by atoms with van der Waals surface area (Å²) >= 11 is 0. The molecule has 7 heteroatoms. The molecule has 2 unspecified atom stereocenters. The van der Waals surface area contributed by atoms with E-state index in [0.29, 0.717) is 19.1 Å². The number of hydrogen-bond acceptors (Lipinski definition) is 4. The Morgan fingerprint density at radius 2 is 2.25 bits per heavy atom. The molecule has 2 atom stereocenters. The number of aliphatic carboxylic acids is 1. The molecule has 1 aliphatic heterocycles. The fourth-order valence-corrected chi connectivity index (χ4v) is 2.40. The van der Waals surface area contributed by atoms with E-state index in [-0.39, 0.29) is 12.5 Å². The average Bonchev–Trinajstić information content (AvgIpc) is 2.79. The minimum atomic E-state index is -1.04. The molecule has 0 spiro atoms. The second-order valence-electron chi connectivity index (χ2n) is 5.42. The summed E-state index contributed by atoms with van der Waals surface area (Å²) in [5.74, 6) is -0.581. The predicted molar refractivity (Wildman–Crippen MR) is 74.7 cm³/mol. The summed E-state index contributed by atoms with van der Waals surface area (Å²) in [7, 11) is 5.26. The van der Waals surface area contributed by atoms with E-state index in [1.54, 1.807) is 11.9 Å². The third-order valence-corrected chi connectivity index (χ3v) is 3.57. The van der Waals surface area contributed by atoms with Crippen LogP contribution in [0.5, 0.6) is 0 Å². The maximum absolute atomic E-state index is 12.0. The molecule has 7 nitrogen and oxygen atoms in total. The van der Waals surface area contributed by atoms with E-state index in [1.165, 1.54) is 7.11 Å². The van der Waals surface area contributed by atoms with Gasteiger partial charge in [-0.1, -0.05) is 0 Å². The number of nitrogens with zero attached hydrogens (tertiary/aromatic N) is 2. The van der Waals surface area contributed by atoms with E-state index in [4.69, 9.17) is 9.84 Å². The fraction of sp³-hybridized carbons (Fsp3) is 0.846. The van der Waals surface area contributed by atoms with Crippen LogP contribution in [0.3, 0.4) is 0 Å². The summed E-state index contributed by atoms with van der Waals surface area (Å²) in [5, 5.41) is 11.6. The highest BCUT2D eigenvalue weighted by Gasteiger charge is 2.25. The maximum atomic E-state index is 12.0. The number of methoxy groups -OCH3 is 1. The Bertz CT molecular complexity index is 338. The Labute approximate surface area is 119 Å². The molecule has 0 saturated carbocycles. The monoisotopic (exact) mass is 287 g/mol. The SMILES string of the molecule is COCCC(NC(=O)N(C)CC1CCN(C)C1)C(=O)O. The van der Waals surface area contributed by atoms with Gasteiger partial charge in [0.05, 0.1) is 0 Å². The molecule has 1 heterocycles. The molecule has 0 radical (unpaired) electrons. The lowest BCUT2D eigenvalue weighted by Crippen LogP contribution is -2.48. The topological polar surface area (TPSA) is 82.1 Å². The van der Waals surface area contributed by atoms with Crippen LogP contribution < -0.4 is 5.32 Å². The number of carboxylic acid groups (broad SMARTS) is 1. The molecule has 0 aliphatic carbocycles. The van der Waals surface area contributed by atoms with Crippen molar-refractivity contribution in [3.63, 3.8) is 0 Å². The van der Waals surface area contributed by atoms with Crippen molar-refractivity contribution < 1.29 is 19.4 Å². The van der Waals surface area contributed by atoms with Crippen LogP contribution in [0.1, 0.15) is 12.8 Å². The highest BCUT2D eigenvalue weighted by Crippen LogP contribution is 2.15. The fourth-order valence-electron chi connectivity index (χ4n) is 2.40. The van der Waals surface area contributed by atoms with Gasteiger partial charge >= 0.3 is 12.0 Å². The zero-order valence-corrected chi connectivity index (χ0v) is 12.5. The third kappa shape index (κ3) is 5.34. The molecule has 0 bridgehead atoms. The number of likely N-dealkylation sites (tertiary alicyclic amines) is 1. The minimum absolute atomic E-state index is 0.261. The molecule has 1 saturated heterocycles. The predicted octanol–water partition coefficient (Wildman–Crippen LogP) is 0.0692. The van der Waals surface area contributed by atoms with Gasteiger partial charge in [0.15, 0.2) is 0 Å².